The summed E-state index contributed by atoms with van der Waals surface area (Å²) < 4.78 is 38.1. The van der Waals surface area contributed by atoms with Gasteiger partial charge in [0.05, 0.1) is 5.56 Å². The minimum absolute atomic E-state index is 0. The van der Waals surface area contributed by atoms with Gasteiger partial charge in [-0.1, -0.05) is 19.1 Å². The number of nitrogen functional groups attached to an aromatic ring is 1. The minimum atomic E-state index is -4.29. The first-order chi connectivity index (χ1) is 10.8. The lowest BCUT2D eigenvalue weighted by atomic mass is 9.99. The van der Waals surface area contributed by atoms with Gasteiger partial charge in [0.15, 0.2) is 5.13 Å². The summed E-state index contributed by atoms with van der Waals surface area (Å²) in [5.74, 6) is 0.507. The van der Waals surface area contributed by atoms with Crippen molar-refractivity contribution in [1.29, 1.82) is 0 Å². The van der Waals surface area contributed by atoms with Crippen molar-refractivity contribution < 1.29 is 13.2 Å². The summed E-state index contributed by atoms with van der Waals surface area (Å²) >= 11 is 1.46. The Morgan fingerprint density at radius 3 is 2.50 bits per heavy atom. The summed E-state index contributed by atoms with van der Waals surface area (Å²) in [6.07, 6.45) is -1.58. The quantitative estimate of drug-likeness (QED) is 0.839. The van der Waals surface area contributed by atoms with E-state index in [9.17, 15) is 13.2 Å². The fourth-order valence-electron chi connectivity index (χ4n) is 3.14. The average Bonchev–Trinajstić information content (AvgIpc) is 3.04. The third-order valence-corrected chi connectivity index (χ3v) is 4.98. The Balaban J connectivity index is 0.00000208. The van der Waals surface area contributed by atoms with Crippen LogP contribution >= 0.6 is 23.7 Å². The molecule has 2 N–H and O–H groups in total. The highest BCUT2D eigenvalue weighted by Gasteiger charge is 2.33. The van der Waals surface area contributed by atoms with Crippen LogP contribution in [0.5, 0.6) is 0 Å². The standard InChI is InChI=1S/C16H18F3N3S.ClH/c1-10-6-14(11-2-4-12(5-3-11)16(17,18)19)22(8-10)9-13-7-21-15(20)23-13;/h2-5,7,10,14H,6,8-9H2,1H3,(H2,20,21);1H. The predicted molar refractivity (Wildman–Crippen MR) is 92.2 cm³/mol. The molecule has 2 aromatic rings. The number of rotatable bonds is 3. The van der Waals surface area contributed by atoms with Crippen molar-refractivity contribution in [2.45, 2.75) is 32.1 Å². The molecule has 0 saturated carbocycles. The van der Waals surface area contributed by atoms with Gasteiger partial charge < -0.3 is 5.73 Å². The van der Waals surface area contributed by atoms with Gasteiger partial charge in [-0.15, -0.1) is 23.7 Å². The maximum Gasteiger partial charge on any atom is 0.416 e. The van der Waals surface area contributed by atoms with E-state index in [1.807, 2.05) is 0 Å². The SMILES string of the molecule is CC1CC(c2ccc(C(F)(F)F)cc2)N(Cc2cnc(N)s2)C1.Cl. The number of anilines is 1. The molecule has 0 radical (unpaired) electrons. The summed E-state index contributed by atoms with van der Waals surface area (Å²) in [5.41, 5.74) is 5.99. The van der Waals surface area contributed by atoms with Crippen molar-refractivity contribution in [3.63, 3.8) is 0 Å². The Hall–Kier alpha value is -1.31. The first kappa shape index (κ1) is 19.0. The van der Waals surface area contributed by atoms with E-state index < -0.39 is 11.7 Å². The van der Waals surface area contributed by atoms with Crippen molar-refractivity contribution in [3.05, 3.63) is 46.5 Å². The molecular weight excluding hydrogens is 359 g/mol. The molecular formula is C16H19ClF3N3S. The molecule has 1 saturated heterocycles. The number of hydrogen-bond acceptors (Lipinski definition) is 4. The van der Waals surface area contributed by atoms with Gasteiger partial charge in [0.25, 0.3) is 0 Å². The number of nitrogens with two attached hydrogens (primary N) is 1. The summed E-state index contributed by atoms with van der Waals surface area (Å²) in [4.78, 5) is 7.43. The zero-order chi connectivity index (χ0) is 16.6. The summed E-state index contributed by atoms with van der Waals surface area (Å²) in [5, 5.41) is 0.540. The molecule has 24 heavy (non-hydrogen) atoms. The molecule has 0 aliphatic carbocycles. The summed E-state index contributed by atoms with van der Waals surface area (Å²) in [6, 6.07) is 5.66. The summed E-state index contributed by atoms with van der Waals surface area (Å²) in [7, 11) is 0. The number of halogens is 4. The Bertz CT molecular complexity index is 672. The topological polar surface area (TPSA) is 42.2 Å². The van der Waals surface area contributed by atoms with Gasteiger partial charge in [-0.25, -0.2) is 4.98 Å². The largest absolute Gasteiger partial charge is 0.416 e. The maximum absolute atomic E-state index is 12.7. The smallest absolute Gasteiger partial charge is 0.375 e. The van der Waals surface area contributed by atoms with Crippen molar-refractivity contribution in [3.8, 4) is 0 Å². The van der Waals surface area contributed by atoms with Crippen LogP contribution in [-0.2, 0) is 12.7 Å². The van der Waals surface area contributed by atoms with E-state index in [-0.39, 0.29) is 18.4 Å². The Kier molecular flexibility index (Phi) is 5.78. The van der Waals surface area contributed by atoms with E-state index in [4.69, 9.17) is 5.73 Å². The number of likely N-dealkylation sites (tertiary alicyclic amines) is 1. The predicted octanol–water partition coefficient (Wildman–Crippen LogP) is 4.75. The van der Waals surface area contributed by atoms with Crippen LogP contribution < -0.4 is 5.73 Å². The van der Waals surface area contributed by atoms with E-state index in [1.54, 1.807) is 18.3 Å². The third-order valence-electron chi connectivity index (χ3n) is 4.17. The van der Waals surface area contributed by atoms with Crippen LogP contribution in [-0.4, -0.2) is 16.4 Å². The van der Waals surface area contributed by atoms with E-state index in [0.717, 1.165) is 30.0 Å². The lowest BCUT2D eigenvalue weighted by Gasteiger charge is -2.24. The molecule has 1 aliphatic rings. The van der Waals surface area contributed by atoms with E-state index in [2.05, 4.69) is 16.8 Å². The number of hydrogen-bond donors (Lipinski definition) is 1. The molecule has 132 valence electrons. The van der Waals surface area contributed by atoms with Crippen molar-refractivity contribution in [1.82, 2.24) is 9.88 Å². The highest BCUT2D eigenvalue weighted by molar-refractivity contribution is 7.15. The maximum atomic E-state index is 12.7. The Morgan fingerprint density at radius 1 is 1.29 bits per heavy atom. The van der Waals surface area contributed by atoms with Crippen LogP contribution in [0, 0.1) is 5.92 Å². The molecule has 1 aromatic heterocycles. The first-order valence-corrected chi connectivity index (χ1v) is 8.26. The number of aromatic nitrogens is 1. The van der Waals surface area contributed by atoms with Crippen LogP contribution in [0.25, 0.3) is 0 Å². The number of benzene rings is 1. The molecule has 3 rings (SSSR count). The molecule has 1 aliphatic heterocycles. The van der Waals surface area contributed by atoms with Crippen molar-refractivity contribution in [2.75, 3.05) is 12.3 Å². The molecule has 2 heterocycles. The molecule has 8 heteroatoms. The molecule has 1 aromatic carbocycles. The lowest BCUT2D eigenvalue weighted by Crippen LogP contribution is -2.23. The van der Waals surface area contributed by atoms with Gasteiger partial charge in [-0.05, 0) is 30.0 Å². The van der Waals surface area contributed by atoms with Crippen LogP contribution in [0.3, 0.4) is 0 Å². The van der Waals surface area contributed by atoms with Crippen LogP contribution in [0.1, 0.15) is 35.4 Å². The Labute approximate surface area is 149 Å². The van der Waals surface area contributed by atoms with Gasteiger partial charge in [0.1, 0.15) is 0 Å². The third kappa shape index (κ3) is 4.20. The van der Waals surface area contributed by atoms with E-state index in [0.29, 0.717) is 11.0 Å². The molecule has 3 nitrogen and oxygen atoms in total. The molecule has 0 amide bonds. The van der Waals surface area contributed by atoms with E-state index >= 15 is 0 Å². The second-order valence-electron chi connectivity index (χ2n) is 6.07. The summed E-state index contributed by atoms with van der Waals surface area (Å²) in [6.45, 7) is 3.81. The van der Waals surface area contributed by atoms with Gasteiger partial charge in [0, 0.05) is 30.2 Å². The minimum Gasteiger partial charge on any atom is -0.375 e. The highest BCUT2D eigenvalue weighted by Crippen LogP contribution is 2.38. The fourth-order valence-corrected chi connectivity index (χ4v) is 3.85. The average molecular weight is 378 g/mol. The molecule has 2 atom stereocenters. The number of thiazole rings is 1. The van der Waals surface area contributed by atoms with Crippen LogP contribution in [0.4, 0.5) is 18.3 Å². The van der Waals surface area contributed by atoms with Crippen LogP contribution in [0.2, 0.25) is 0 Å². The molecule has 1 fully saturated rings. The van der Waals surface area contributed by atoms with Gasteiger partial charge in [0.2, 0.25) is 0 Å². The van der Waals surface area contributed by atoms with E-state index in [1.165, 1.54) is 23.5 Å². The Morgan fingerprint density at radius 2 is 1.96 bits per heavy atom. The molecule has 0 bridgehead atoms. The zero-order valence-electron chi connectivity index (χ0n) is 13.1. The monoisotopic (exact) mass is 377 g/mol. The second-order valence-corrected chi connectivity index (χ2v) is 7.22. The molecule has 2 unspecified atom stereocenters. The van der Waals surface area contributed by atoms with Crippen LogP contribution in [0.15, 0.2) is 30.5 Å². The first-order valence-electron chi connectivity index (χ1n) is 7.44. The van der Waals surface area contributed by atoms with Crippen molar-refractivity contribution >= 4 is 28.9 Å². The fraction of sp³-hybridized carbons (Fsp3) is 0.438. The number of alkyl halides is 3. The highest BCUT2D eigenvalue weighted by atomic mass is 35.5. The van der Waals surface area contributed by atoms with Crippen molar-refractivity contribution in [2.24, 2.45) is 5.92 Å². The zero-order valence-corrected chi connectivity index (χ0v) is 14.7. The second kappa shape index (κ2) is 7.29. The number of nitrogens with zero attached hydrogens (tertiary/aromatic N) is 2. The van der Waals surface area contributed by atoms with Gasteiger partial charge in [-0.2, -0.15) is 13.2 Å². The normalized spacial score (nSPS) is 21.7. The van der Waals surface area contributed by atoms with Gasteiger partial charge in [-0.3, -0.25) is 4.90 Å². The lowest BCUT2D eigenvalue weighted by molar-refractivity contribution is -0.137. The molecule has 0 spiro atoms. The van der Waals surface area contributed by atoms with Gasteiger partial charge >= 0.3 is 6.18 Å².